The Kier molecular flexibility index (Phi) is 9.80. The predicted octanol–water partition coefficient (Wildman–Crippen LogP) is 7.27. The molecule has 1 aliphatic rings. The summed E-state index contributed by atoms with van der Waals surface area (Å²) >= 11 is 3.25. The molecule has 4 aromatic carbocycles. The third-order valence-electron chi connectivity index (χ3n) is 7.45. The SMILES string of the molecule is Cc1nnc(SC[C@H]2C[C@@H](c3ccc(CO)cc3)O[C@@H](c3ccc(-c4cccc(CNC(=O)c5ccccc5)c4)cc3)O2)s1. The van der Waals surface area contributed by atoms with Crippen LogP contribution in [-0.2, 0) is 22.6 Å². The Hall–Kier alpha value is -3.86. The number of benzene rings is 4. The van der Waals surface area contributed by atoms with Gasteiger partial charge in [-0.15, -0.1) is 10.2 Å². The van der Waals surface area contributed by atoms with Gasteiger partial charge < -0.3 is 19.9 Å². The first-order chi connectivity index (χ1) is 21.5. The van der Waals surface area contributed by atoms with Gasteiger partial charge in [0, 0.05) is 29.8 Å². The van der Waals surface area contributed by atoms with E-state index in [2.05, 4.69) is 51.9 Å². The molecule has 0 bridgehead atoms. The van der Waals surface area contributed by atoms with Crippen molar-refractivity contribution in [3.63, 3.8) is 0 Å². The number of carbonyl (C=O) groups excluding carboxylic acids is 1. The number of nitrogens with zero attached hydrogens (tertiary/aromatic N) is 2. The largest absolute Gasteiger partial charge is 0.392 e. The van der Waals surface area contributed by atoms with Crippen LogP contribution in [0.5, 0.6) is 0 Å². The van der Waals surface area contributed by atoms with Crippen LogP contribution in [0.3, 0.4) is 0 Å². The van der Waals surface area contributed by atoms with E-state index < -0.39 is 6.29 Å². The van der Waals surface area contributed by atoms with Crippen molar-refractivity contribution >= 4 is 29.0 Å². The molecule has 1 aliphatic heterocycles. The van der Waals surface area contributed by atoms with Gasteiger partial charge in [0.25, 0.3) is 5.91 Å². The Morgan fingerprint density at radius 1 is 0.886 bits per heavy atom. The highest BCUT2D eigenvalue weighted by atomic mass is 32.2. The minimum absolute atomic E-state index is 0.00957. The maximum absolute atomic E-state index is 12.5. The number of ether oxygens (including phenoxy) is 2. The minimum Gasteiger partial charge on any atom is -0.392 e. The van der Waals surface area contributed by atoms with Gasteiger partial charge >= 0.3 is 0 Å². The van der Waals surface area contributed by atoms with Gasteiger partial charge in [-0.3, -0.25) is 4.79 Å². The molecule has 2 heterocycles. The van der Waals surface area contributed by atoms with Gasteiger partial charge in [0.1, 0.15) is 5.01 Å². The second kappa shape index (κ2) is 14.3. The first kappa shape index (κ1) is 30.2. The number of aromatic nitrogens is 2. The molecule has 224 valence electrons. The highest BCUT2D eigenvalue weighted by Crippen LogP contribution is 2.40. The quantitative estimate of drug-likeness (QED) is 0.158. The van der Waals surface area contributed by atoms with E-state index in [1.165, 1.54) is 0 Å². The number of aliphatic hydroxyl groups excluding tert-OH is 1. The average molecular weight is 624 g/mol. The molecule has 2 N–H and O–H groups in total. The number of hydrogen-bond acceptors (Lipinski definition) is 8. The number of thioether (sulfide) groups is 1. The zero-order valence-corrected chi connectivity index (χ0v) is 25.9. The Bertz CT molecular complexity index is 1680. The van der Waals surface area contributed by atoms with E-state index in [4.69, 9.17) is 9.47 Å². The van der Waals surface area contributed by atoms with E-state index >= 15 is 0 Å². The van der Waals surface area contributed by atoms with Crippen molar-refractivity contribution in [1.29, 1.82) is 0 Å². The average Bonchev–Trinajstić information content (AvgIpc) is 3.51. The molecule has 1 saturated heterocycles. The van der Waals surface area contributed by atoms with Crippen molar-refractivity contribution in [2.24, 2.45) is 0 Å². The Morgan fingerprint density at radius 3 is 2.39 bits per heavy atom. The molecule has 3 atom stereocenters. The number of amides is 1. The number of rotatable bonds is 10. The van der Waals surface area contributed by atoms with Gasteiger partial charge in [0.05, 0.1) is 18.8 Å². The second-order valence-electron chi connectivity index (χ2n) is 10.6. The van der Waals surface area contributed by atoms with Crippen molar-refractivity contribution < 1.29 is 19.4 Å². The van der Waals surface area contributed by atoms with Crippen LogP contribution < -0.4 is 5.32 Å². The van der Waals surface area contributed by atoms with Gasteiger partial charge in [0.15, 0.2) is 10.6 Å². The molecule has 7 nitrogen and oxygen atoms in total. The molecule has 0 saturated carbocycles. The number of aryl methyl sites for hydroxylation is 1. The molecule has 5 aromatic rings. The topological polar surface area (TPSA) is 93.6 Å². The van der Waals surface area contributed by atoms with Gasteiger partial charge in [-0.1, -0.05) is 108 Å². The number of aliphatic hydroxyl groups is 1. The van der Waals surface area contributed by atoms with Crippen molar-refractivity contribution in [2.45, 2.75) is 49.3 Å². The van der Waals surface area contributed by atoms with E-state index in [1.54, 1.807) is 23.1 Å². The lowest BCUT2D eigenvalue weighted by Crippen LogP contribution is -2.31. The first-order valence-corrected chi connectivity index (χ1v) is 16.3. The molecule has 9 heteroatoms. The Labute approximate surface area is 265 Å². The molecule has 0 spiro atoms. The van der Waals surface area contributed by atoms with Crippen molar-refractivity contribution in [3.8, 4) is 11.1 Å². The number of carbonyl (C=O) groups is 1. The zero-order chi connectivity index (χ0) is 30.3. The fourth-order valence-electron chi connectivity index (χ4n) is 5.09. The Balaban J connectivity index is 1.15. The van der Waals surface area contributed by atoms with Crippen LogP contribution in [0, 0.1) is 6.92 Å². The lowest BCUT2D eigenvalue weighted by atomic mass is 9.99. The van der Waals surface area contributed by atoms with Crippen LogP contribution in [-0.4, -0.2) is 33.1 Å². The summed E-state index contributed by atoms with van der Waals surface area (Å²) in [4.78, 5) is 12.5. The Morgan fingerprint density at radius 2 is 1.66 bits per heavy atom. The molecule has 6 rings (SSSR count). The summed E-state index contributed by atoms with van der Waals surface area (Å²) in [6.07, 6.45) is -0.00827. The molecule has 44 heavy (non-hydrogen) atoms. The van der Waals surface area contributed by atoms with Crippen molar-refractivity contribution in [1.82, 2.24) is 15.5 Å². The molecule has 1 amide bonds. The van der Waals surface area contributed by atoms with E-state index in [0.29, 0.717) is 18.5 Å². The predicted molar refractivity (Wildman–Crippen MR) is 173 cm³/mol. The van der Waals surface area contributed by atoms with Gasteiger partial charge in [-0.25, -0.2) is 0 Å². The normalized spacial score (nSPS) is 18.2. The maximum Gasteiger partial charge on any atom is 0.251 e. The molecule has 0 aliphatic carbocycles. The van der Waals surface area contributed by atoms with Crippen LogP contribution in [0.4, 0.5) is 0 Å². The maximum atomic E-state index is 12.5. The van der Waals surface area contributed by atoms with Crippen LogP contribution in [0.15, 0.2) is 107 Å². The summed E-state index contributed by atoms with van der Waals surface area (Å²) in [5.41, 5.74) is 6.67. The summed E-state index contributed by atoms with van der Waals surface area (Å²) in [6, 6.07) is 33.6. The molecule has 1 fully saturated rings. The summed E-state index contributed by atoms with van der Waals surface area (Å²) in [5.74, 6) is 0.649. The van der Waals surface area contributed by atoms with Gasteiger partial charge in [0.2, 0.25) is 0 Å². The monoisotopic (exact) mass is 623 g/mol. The van der Waals surface area contributed by atoms with Crippen LogP contribution in [0.2, 0.25) is 0 Å². The van der Waals surface area contributed by atoms with Crippen molar-refractivity contribution in [2.75, 3.05) is 5.75 Å². The summed E-state index contributed by atoms with van der Waals surface area (Å²) in [6.45, 7) is 2.41. The van der Waals surface area contributed by atoms with E-state index in [9.17, 15) is 9.90 Å². The standard InChI is InChI=1S/C35H33N3O4S2/c1-23-37-38-35(44-23)43-22-31-19-32(27-12-10-24(21-39)11-13-27)42-34(41-31)29-16-14-26(15-17-29)30-9-5-6-25(18-30)20-36-33(40)28-7-3-2-4-8-28/h2-18,31-32,34,39H,19-22H2,1H3,(H,36,40)/t31-,32+,34+/m1/s1. The fraction of sp³-hybridized carbons (Fsp3) is 0.229. The third kappa shape index (κ3) is 7.61. The van der Waals surface area contributed by atoms with E-state index in [-0.39, 0.29) is 24.7 Å². The smallest absolute Gasteiger partial charge is 0.251 e. The van der Waals surface area contributed by atoms with E-state index in [1.807, 2.05) is 73.7 Å². The lowest BCUT2D eigenvalue weighted by molar-refractivity contribution is -0.245. The highest BCUT2D eigenvalue weighted by Gasteiger charge is 2.32. The minimum atomic E-state index is -0.526. The van der Waals surface area contributed by atoms with Crippen LogP contribution in [0.1, 0.15) is 56.4 Å². The molecular formula is C35H33N3O4S2. The van der Waals surface area contributed by atoms with Crippen molar-refractivity contribution in [3.05, 3.63) is 136 Å². The lowest BCUT2D eigenvalue weighted by Gasteiger charge is -2.36. The van der Waals surface area contributed by atoms with Crippen LogP contribution >= 0.6 is 23.1 Å². The zero-order valence-electron chi connectivity index (χ0n) is 24.3. The summed E-state index contributed by atoms with van der Waals surface area (Å²) < 4.78 is 13.9. The summed E-state index contributed by atoms with van der Waals surface area (Å²) in [7, 11) is 0. The van der Waals surface area contributed by atoms with E-state index in [0.717, 1.165) is 48.5 Å². The molecule has 0 unspecified atom stereocenters. The van der Waals surface area contributed by atoms with Gasteiger partial charge in [-0.05, 0) is 52.9 Å². The third-order valence-corrected chi connectivity index (χ3v) is 9.55. The second-order valence-corrected chi connectivity index (χ2v) is 13.1. The number of hydrogen-bond donors (Lipinski definition) is 2. The fourth-order valence-corrected chi connectivity index (χ4v) is 6.95. The molecular weight excluding hydrogens is 591 g/mol. The summed E-state index contributed by atoms with van der Waals surface area (Å²) in [5, 5.41) is 21.8. The number of nitrogens with one attached hydrogen (secondary N) is 1. The first-order valence-electron chi connectivity index (χ1n) is 14.5. The molecule has 1 aromatic heterocycles. The van der Waals surface area contributed by atoms with Crippen LogP contribution in [0.25, 0.3) is 11.1 Å². The molecule has 0 radical (unpaired) electrons. The van der Waals surface area contributed by atoms with Gasteiger partial charge in [-0.2, -0.15) is 0 Å². The highest BCUT2D eigenvalue weighted by molar-refractivity contribution is 8.01.